The molecule has 1 saturated heterocycles. The van der Waals surface area contributed by atoms with Crippen molar-refractivity contribution in [1.82, 2.24) is 4.90 Å². The number of hydrogen-bond acceptors (Lipinski definition) is 2. The molecule has 1 atom stereocenters. The summed E-state index contributed by atoms with van der Waals surface area (Å²) in [6.45, 7) is 4.96. The molecule has 0 amide bonds. The standard InChI is InChI=1S/C13H18F2N2/c1-13(8-16)4-5-17(9-13)7-10-6-11(14)2-3-12(10)15/h2-3,6H,4-5,7-9,16H2,1H3. The van der Waals surface area contributed by atoms with Crippen molar-refractivity contribution in [2.24, 2.45) is 11.1 Å². The maximum atomic E-state index is 13.5. The Labute approximate surface area is 100 Å². The number of hydrogen-bond donors (Lipinski definition) is 1. The Morgan fingerprint density at radius 2 is 2.18 bits per heavy atom. The molecule has 0 aliphatic carbocycles. The van der Waals surface area contributed by atoms with Gasteiger partial charge in [-0.05, 0) is 43.1 Å². The summed E-state index contributed by atoms with van der Waals surface area (Å²) in [6.07, 6.45) is 1.01. The first-order valence-corrected chi connectivity index (χ1v) is 5.89. The average molecular weight is 240 g/mol. The zero-order chi connectivity index (χ0) is 12.5. The van der Waals surface area contributed by atoms with E-state index >= 15 is 0 Å². The molecule has 0 bridgehead atoms. The van der Waals surface area contributed by atoms with Crippen molar-refractivity contribution < 1.29 is 8.78 Å². The van der Waals surface area contributed by atoms with Crippen molar-refractivity contribution in [3.63, 3.8) is 0 Å². The van der Waals surface area contributed by atoms with Gasteiger partial charge in [-0.1, -0.05) is 6.92 Å². The first kappa shape index (κ1) is 12.5. The van der Waals surface area contributed by atoms with Crippen LogP contribution in [-0.4, -0.2) is 24.5 Å². The van der Waals surface area contributed by atoms with Gasteiger partial charge in [0.15, 0.2) is 0 Å². The summed E-state index contributed by atoms with van der Waals surface area (Å²) >= 11 is 0. The molecule has 4 heteroatoms. The molecule has 2 N–H and O–H groups in total. The number of benzene rings is 1. The summed E-state index contributed by atoms with van der Waals surface area (Å²) in [4.78, 5) is 2.13. The maximum absolute atomic E-state index is 13.5. The second-order valence-corrected chi connectivity index (χ2v) is 5.21. The lowest BCUT2D eigenvalue weighted by molar-refractivity contribution is 0.271. The van der Waals surface area contributed by atoms with E-state index in [2.05, 4.69) is 11.8 Å². The normalized spacial score (nSPS) is 25.4. The van der Waals surface area contributed by atoms with Crippen LogP contribution in [0.5, 0.6) is 0 Å². The van der Waals surface area contributed by atoms with Crippen LogP contribution in [0.25, 0.3) is 0 Å². The number of nitrogens with zero attached hydrogens (tertiary/aromatic N) is 1. The molecule has 1 aliphatic rings. The lowest BCUT2D eigenvalue weighted by Gasteiger charge is -2.22. The molecule has 0 radical (unpaired) electrons. The zero-order valence-corrected chi connectivity index (χ0v) is 10.0. The summed E-state index contributed by atoms with van der Waals surface area (Å²) in [6, 6.07) is 3.60. The highest BCUT2D eigenvalue weighted by Crippen LogP contribution is 2.29. The summed E-state index contributed by atoms with van der Waals surface area (Å²) < 4.78 is 26.5. The summed E-state index contributed by atoms with van der Waals surface area (Å²) in [5.41, 5.74) is 6.25. The number of halogens is 2. The minimum absolute atomic E-state index is 0.115. The lowest BCUT2D eigenvalue weighted by atomic mass is 9.90. The van der Waals surface area contributed by atoms with Crippen molar-refractivity contribution in [2.75, 3.05) is 19.6 Å². The lowest BCUT2D eigenvalue weighted by Crippen LogP contribution is -2.31. The number of nitrogens with two attached hydrogens (primary N) is 1. The second-order valence-electron chi connectivity index (χ2n) is 5.21. The Morgan fingerprint density at radius 3 is 2.82 bits per heavy atom. The highest BCUT2D eigenvalue weighted by atomic mass is 19.1. The van der Waals surface area contributed by atoms with Gasteiger partial charge in [0.25, 0.3) is 0 Å². The Balaban J connectivity index is 2.05. The van der Waals surface area contributed by atoms with Gasteiger partial charge in [-0.2, -0.15) is 0 Å². The van der Waals surface area contributed by atoms with E-state index < -0.39 is 0 Å². The van der Waals surface area contributed by atoms with Gasteiger partial charge in [0, 0.05) is 18.7 Å². The third-order valence-electron chi connectivity index (χ3n) is 3.53. The van der Waals surface area contributed by atoms with E-state index in [0.717, 1.165) is 25.6 Å². The molecule has 1 aromatic rings. The minimum Gasteiger partial charge on any atom is -0.330 e. The van der Waals surface area contributed by atoms with Crippen LogP contribution in [0.4, 0.5) is 8.78 Å². The predicted octanol–water partition coefficient (Wildman–Crippen LogP) is 2.14. The van der Waals surface area contributed by atoms with Gasteiger partial charge >= 0.3 is 0 Å². The van der Waals surface area contributed by atoms with E-state index in [0.29, 0.717) is 18.7 Å². The average Bonchev–Trinajstić information content (AvgIpc) is 2.67. The van der Waals surface area contributed by atoms with Gasteiger partial charge in [-0.25, -0.2) is 8.78 Å². The van der Waals surface area contributed by atoms with Crippen molar-refractivity contribution in [2.45, 2.75) is 19.9 Å². The highest BCUT2D eigenvalue weighted by Gasteiger charge is 2.32. The van der Waals surface area contributed by atoms with Crippen molar-refractivity contribution >= 4 is 0 Å². The van der Waals surface area contributed by atoms with E-state index in [1.54, 1.807) is 0 Å². The van der Waals surface area contributed by atoms with Gasteiger partial charge < -0.3 is 5.73 Å². The molecule has 2 rings (SSSR count). The predicted molar refractivity (Wildman–Crippen MR) is 63.4 cm³/mol. The van der Waals surface area contributed by atoms with E-state index in [9.17, 15) is 8.78 Å². The summed E-state index contributed by atoms with van der Waals surface area (Å²) in [5, 5.41) is 0. The molecular formula is C13H18F2N2. The van der Waals surface area contributed by atoms with Crippen LogP contribution in [0.1, 0.15) is 18.9 Å². The van der Waals surface area contributed by atoms with Gasteiger partial charge in [-0.15, -0.1) is 0 Å². The second kappa shape index (κ2) is 4.70. The summed E-state index contributed by atoms with van der Waals surface area (Å²) in [7, 11) is 0. The minimum atomic E-state index is -0.387. The van der Waals surface area contributed by atoms with Crippen LogP contribution in [-0.2, 0) is 6.54 Å². The van der Waals surface area contributed by atoms with Gasteiger partial charge in [-0.3, -0.25) is 4.90 Å². The van der Waals surface area contributed by atoms with Crippen molar-refractivity contribution in [1.29, 1.82) is 0 Å². The van der Waals surface area contributed by atoms with Gasteiger partial charge in [0.05, 0.1) is 0 Å². The first-order chi connectivity index (χ1) is 8.02. The third-order valence-corrected chi connectivity index (χ3v) is 3.53. The van der Waals surface area contributed by atoms with E-state index in [4.69, 9.17) is 5.73 Å². The number of rotatable bonds is 3. The molecule has 0 saturated carbocycles. The molecule has 1 fully saturated rings. The zero-order valence-electron chi connectivity index (χ0n) is 10.0. The highest BCUT2D eigenvalue weighted by molar-refractivity contribution is 5.18. The molecule has 0 aromatic heterocycles. The van der Waals surface area contributed by atoms with E-state index in [1.165, 1.54) is 12.1 Å². The van der Waals surface area contributed by atoms with Crippen LogP contribution in [0, 0.1) is 17.0 Å². The molecule has 0 spiro atoms. The SMILES string of the molecule is CC1(CN)CCN(Cc2cc(F)ccc2F)C1. The number of likely N-dealkylation sites (tertiary alicyclic amines) is 1. The van der Waals surface area contributed by atoms with Crippen molar-refractivity contribution in [3.8, 4) is 0 Å². The Kier molecular flexibility index (Phi) is 3.45. The monoisotopic (exact) mass is 240 g/mol. The van der Waals surface area contributed by atoms with Crippen molar-refractivity contribution in [3.05, 3.63) is 35.4 Å². The fraction of sp³-hybridized carbons (Fsp3) is 0.538. The van der Waals surface area contributed by atoms with Crippen LogP contribution >= 0.6 is 0 Å². The van der Waals surface area contributed by atoms with Gasteiger partial charge in [0.1, 0.15) is 11.6 Å². The molecular weight excluding hydrogens is 222 g/mol. The molecule has 1 unspecified atom stereocenters. The fourth-order valence-corrected chi connectivity index (χ4v) is 2.33. The topological polar surface area (TPSA) is 29.3 Å². The third kappa shape index (κ3) is 2.82. The molecule has 17 heavy (non-hydrogen) atoms. The Bertz CT molecular complexity index is 408. The van der Waals surface area contributed by atoms with Gasteiger partial charge in [0.2, 0.25) is 0 Å². The maximum Gasteiger partial charge on any atom is 0.127 e. The smallest absolute Gasteiger partial charge is 0.127 e. The molecule has 1 heterocycles. The summed E-state index contributed by atoms with van der Waals surface area (Å²) in [5.74, 6) is -0.727. The van der Waals surface area contributed by atoms with Crippen LogP contribution in [0.2, 0.25) is 0 Å². The largest absolute Gasteiger partial charge is 0.330 e. The fourth-order valence-electron chi connectivity index (χ4n) is 2.33. The Hall–Kier alpha value is -1.00. The van der Waals surface area contributed by atoms with E-state index in [1.807, 2.05) is 0 Å². The Morgan fingerprint density at radius 1 is 1.41 bits per heavy atom. The molecule has 1 aromatic carbocycles. The first-order valence-electron chi connectivity index (χ1n) is 5.89. The molecule has 1 aliphatic heterocycles. The van der Waals surface area contributed by atoms with Crippen LogP contribution in [0.15, 0.2) is 18.2 Å². The quantitative estimate of drug-likeness (QED) is 0.877. The molecule has 94 valence electrons. The molecule has 2 nitrogen and oxygen atoms in total. The van der Waals surface area contributed by atoms with Crippen LogP contribution < -0.4 is 5.73 Å². The van der Waals surface area contributed by atoms with E-state index in [-0.39, 0.29) is 17.0 Å². The van der Waals surface area contributed by atoms with Crippen LogP contribution in [0.3, 0.4) is 0 Å².